The number of amides is 2. The molecule has 16 heavy (non-hydrogen) atoms. The molecular weight excluding hydrogens is 212 g/mol. The van der Waals surface area contributed by atoms with E-state index >= 15 is 0 Å². The molecule has 6 heteroatoms. The molecule has 1 N–H and O–H groups in total. The summed E-state index contributed by atoms with van der Waals surface area (Å²) in [6.45, 7) is 2.40. The molecule has 2 amide bonds. The summed E-state index contributed by atoms with van der Waals surface area (Å²) >= 11 is 0. The lowest BCUT2D eigenvalue weighted by Crippen LogP contribution is -2.63. The monoisotopic (exact) mass is 226 g/mol. The van der Waals surface area contributed by atoms with Crippen LogP contribution in [0.3, 0.4) is 0 Å². The Morgan fingerprint density at radius 3 is 3.00 bits per heavy atom. The van der Waals surface area contributed by atoms with Gasteiger partial charge in [-0.3, -0.25) is 9.59 Å². The first-order valence-corrected chi connectivity index (χ1v) is 5.42. The molecule has 88 valence electrons. The molecule has 0 aromatic carbocycles. The molecule has 1 unspecified atom stereocenters. The Bertz CT molecular complexity index is 342. The highest BCUT2D eigenvalue weighted by Crippen LogP contribution is 2.22. The van der Waals surface area contributed by atoms with Crippen molar-refractivity contribution in [1.29, 1.82) is 0 Å². The van der Waals surface area contributed by atoms with Crippen LogP contribution in [0.5, 0.6) is 0 Å². The van der Waals surface area contributed by atoms with Crippen LogP contribution in [0.15, 0.2) is 0 Å². The van der Waals surface area contributed by atoms with Crippen molar-refractivity contribution in [3.8, 4) is 0 Å². The third-order valence-corrected chi connectivity index (χ3v) is 2.89. The fraction of sp³-hybridized carbons (Fsp3) is 0.700. The quantitative estimate of drug-likeness (QED) is 0.486. The van der Waals surface area contributed by atoms with E-state index in [2.05, 4.69) is 5.32 Å². The summed E-state index contributed by atoms with van der Waals surface area (Å²) in [7, 11) is 0. The Morgan fingerprint density at radius 2 is 2.31 bits per heavy atom. The Balaban J connectivity index is 2.14. The van der Waals surface area contributed by atoms with Crippen LogP contribution in [-0.2, 0) is 19.1 Å². The summed E-state index contributed by atoms with van der Waals surface area (Å²) in [5, 5.41) is 2.42. The maximum Gasteiger partial charge on any atom is 0.338 e. The zero-order chi connectivity index (χ0) is 11.7. The van der Waals surface area contributed by atoms with Crippen LogP contribution in [0, 0.1) is 0 Å². The molecule has 0 aliphatic carbocycles. The van der Waals surface area contributed by atoms with E-state index in [0.29, 0.717) is 13.0 Å². The van der Waals surface area contributed by atoms with Crippen LogP contribution < -0.4 is 5.32 Å². The molecule has 0 bridgehead atoms. The van der Waals surface area contributed by atoms with Crippen molar-refractivity contribution in [2.75, 3.05) is 13.2 Å². The molecule has 2 heterocycles. The number of carbonyl (C=O) groups excluding carboxylic acids is 3. The van der Waals surface area contributed by atoms with Gasteiger partial charge in [0.05, 0.1) is 6.61 Å². The third-order valence-electron chi connectivity index (χ3n) is 2.89. The number of esters is 1. The Morgan fingerprint density at radius 1 is 1.56 bits per heavy atom. The zero-order valence-electron chi connectivity index (χ0n) is 9.06. The largest absolute Gasteiger partial charge is 0.464 e. The molecule has 0 aromatic rings. The van der Waals surface area contributed by atoms with Crippen molar-refractivity contribution in [2.24, 2.45) is 0 Å². The first-order chi connectivity index (χ1) is 7.65. The number of fused-ring (bicyclic) bond motifs is 1. The summed E-state index contributed by atoms with van der Waals surface area (Å²) in [5.74, 6) is -1.28. The molecule has 0 saturated carbocycles. The van der Waals surface area contributed by atoms with Gasteiger partial charge in [-0.1, -0.05) is 0 Å². The average molecular weight is 226 g/mol. The fourth-order valence-corrected chi connectivity index (χ4v) is 2.15. The Hall–Kier alpha value is -1.59. The molecule has 6 nitrogen and oxygen atoms in total. The van der Waals surface area contributed by atoms with Gasteiger partial charge in [-0.15, -0.1) is 0 Å². The van der Waals surface area contributed by atoms with Gasteiger partial charge in [-0.2, -0.15) is 0 Å². The predicted octanol–water partition coefficient (Wildman–Crippen LogP) is -0.961. The SMILES string of the molecule is CCOC(=O)C1NC(=O)[C@@H]2CCCN2C1=O. The van der Waals surface area contributed by atoms with E-state index < -0.39 is 18.1 Å². The fourth-order valence-electron chi connectivity index (χ4n) is 2.15. The van der Waals surface area contributed by atoms with Gasteiger partial charge in [-0.25, -0.2) is 4.79 Å². The minimum atomic E-state index is -1.15. The van der Waals surface area contributed by atoms with E-state index in [0.717, 1.165) is 6.42 Å². The standard InChI is InChI=1S/C10H14N2O4/c1-2-16-10(15)7-9(14)12-5-3-4-6(12)8(13)11-7/h6-7H,2-5H2,1H3,(H,11,13)/t6-,7?/m0/s1. The van der Waals surface area contributed by atoms with E-state index in [1.165, 1.54) is 4.90 Å². The van der Waals surface area contributed by atoms with Gasteiger partial charge < -0.3 is 15.0 Å². The van der Waals surface area contributed by atoms with Crippen molar-refractivity contribution in [3.05, 3.63) is 0 Å². The highest BCUT2D eigenvalue weighted by molar-refractivity contribution is 6.09. The Labute approximate surface area is 92.9 Å². The van der Waals surface area contributed by atoms with Gasteiger partial charge in [0.15, 0.2) is 0 Å². The zero-order valence-corrected chi connectivity index (χ0v) is 9.06. The van der Waals surface area contributed by atoms with Gasteiger partial charge in [0, 0.05) is 6.54 Å². The normalized spacial score (nSPS) is 28.7. The lowest BCUT2D eigenvalue weighted by Gasteiger charge is -2.33. The molecule has 0 spiro atoms. The van der Waals surface area contributed by atoms with Crippen molar-refractivity contribution >= 4 is 17.8 Å². The number of nitrogens with zero attached hydrogens (tertiary/aromatic N) is 1. The summed E-state index contributed by atoms with van der Waals surface area (Å²) in [4.78, 5) is 36.4. The van der Waals surface area contributed by atoms with E-state index in [9.17, 15) is 14.4 Å². The maximum absolute atomic E-state index is 11.9. The van der Waals surface area contributed by atoms with Gasteiger partial charge in [0.1, 0.15) is 6.04 Å². The molecule has 2 fully saturated rings. The number of rotatable bonds is 2. The van der Waals surface area contributed by atoms with Crippen LogP contribution in [0.4, 0.5) is 0 Å². The van der Waals surface area contributed by atoms with E-state index in [1.54, 1.807) is 6.92 Å². The first-order valence-electron chi connectivity index (χ1n) is 5.42. The molecule has 2 rings (SSSR count). The third kappa shape index (κ3) is 1.64. The van der Waals surface area contributed by atoms with Gasteiger partial charge in [0.2, 0.25) is 11.9 Å². The second-order valence-corrected chi connectivity index (χ2v) is 3.88. The molecule has 0 radical (unpaired) electrons. The highest BCUT2D eigenvalue weighted by Gasteiger charge is 2.46. The lowest BCUT2D eigenvalue weighted by atomic mass is 10.1. The van der Waals surface area contributed by atoms with Crippen LogP contribution >= 0.6 is 0 Å². The van der Waals surface area contributed by atoms with Gasteiger partial charge >= 0.3 is 5.97 Å². The molecule has 2 saturated heterocycles. The summed E-state index contributed by atoms with van der Waals surface area (Å²) in [6.07, 6.45) is 1.48. The Kier molecular flexibility index (Phi) is 2.80. The molecule has 2 aliphatic heterocycles. The lowest BCUT2D eigenvalue weighted by molar-refractivity contribution is -0.159. The van der Waals surface area contributed by atoms with Crippen molar-refractivity contribution < 1.29 is 19.1 Å². The minimum absolute atomic E-state index is 0.196. The summed E-state index contributed by atoms with van der Waals surface area (Å²) in [5.41, 5.74) is 0. The van der Waals surface area contributed by atoms with Crippen LogP contribution in [0.1, 0.15) is 19.8 Å². The number of hydrogen-bond acceptors (Lipinski definition) is 4. The molecule has 0 aromatic heterocycles. The van der Waals surface area contributed by atoms with E-state index in [-0.39, 0.29) is 18.4 Å². The number of carbonyl (C=O) groups is 3. The van der Waals surface area contributed by atoms with E-state index in [1.807, 2.05) is 0 Å². The average Bonchev–Trinajstić information content (AvgIpc) is 2.73. The number of nitrogens with one attached hydrogen (secondary N) is 1. The smallest absolute Gasteiger partial charge is 0.338 e. The van der Waals surface area contributed by atoms with Crippen LogP contribution in [-0.4, -0.2) is 47.9 Å². The maximum atomic E-state index is 11.9. The number of piperazine rings is 1. The second-order valence-electron chi connectivity index (χ2n) is 3.88. The summed E-state index contributed by atoms with van der Waals surface area (Å²) < 4.78 is 4.75. The number of ether oxygens (including phenoxy) is 1. The van der Waals surface area contributed by atoms with Crippen LogP contribution in [0.25, 0.3) is 0 Å². The van der Waals surface area contributed by atoms with Crippen molar-refractivity contribution in [1.82, 2.24) is 10.2 Å². The summed E-state index contributed by atoms with van der Waals surface area (Å²) in [6, 6.07) is -1.54. The highest BCUT2D eigenvalue weighted by atomic mass is 16.5. The van der Waals surface area contributed by atoms with Gasteiger partial charge in [0.25, 0.3) is 5.91 Å². The van der Waals surface area contributed by atoms with Gasteiger partial charge in [-0.05, 0) is 19.8 Å². The van der Waals surface area contributed by atoms with Crippen LogP contribution in [0.2, 0.25) is 0 Å². The minimum Gasteiger partial charge on any atom is -0.464 e. The van der Waals surface area contributed by atoms with E-state index in [4.69, 9.17) is 4.74 Å². The molecular formula is C10H14N2O4. The molecule has 2 atom stereocenters. The first kappa shape index (κ1) is 10.9. The second kappa shape index (κ2) is 4.11. The molecule has 2 aliphatic rings. The predicted molar refractivity (Wildman–Crippen MR) is 53.3 cm³/mol. The van der Waals surface area contributed by atoms with Crippen molar-refractivity contribution in [3.63, 3.8) is 0 Å². The van der Waals surface area contributed by atoms with Crippen molar-refractivity contribution in [2.45, 2.75) is 31.8 Å². The number of hydrogen-bond donors (Lipinski definition) is 1. The topological polar surface area (TPSA) is 75.7 Å².